The fourth-order valence-corrected chi connectivity index (χ4v) is 6.44. The van der Waals surface area contributed by atoms with Gasteiger partial charge in [-0.1, -0.05) is 102 Å². The van der Waals surface area contributed by atoms with Gasteiger partial charge in [0.1, 0.15) is 6.04 Å². The van der Waals surface area contributed by atoms with Crippen molar-refractivity contribution in [3.8, 4) is 0 Å². The molecule has 1 fully saturated rings. The quantitative estimate of drug-likeness (QED) is 0.234. The van der Waals surface area contributed by atoms with Crippen LogP contribution in [0.4, 0.5) is 0 Å². The molecule has 1 saturated carbocycles. The van der Waals surface area contributed by atoms with Crippen molar-refractivity contribution in [3.63, 3.8) is 0 Å². The highest BCUT2D eigenvalue weighted by Crippen LogP contribution is 2.29. The van der Waals surface area contributed by atoms with E-state index in [1.165, 1.54) is 11.8 Å². The lowest BCUT2D eigenvalue weighted by atomic mass is 10.0. The standard InChI is InChI=1S/C30H30Cl4N2O2S/c31-24-11-6-12-25(32)23(24)17-36(29(37)19-39-18-21-13-14-26(33)27(34)15-21)28(16-20-7-2-1-3-8-20)30(38)35-22-9-4-5-10-22/h1-3,6-8,11-15,22,28H,4-5,9-10,16-19H2,(H,35,38). The number of thioether (sulfide) groups is 1. The van der Waals surface area contributed by atoms with Crippen LogP contribution in [0.2, 0.25) is 20.1 Å². The molecule has 3 aromatic rings. The Balaban J connectivity index is 1.60. The van der Waals surface area contributed by atoms with E-state index >= 15 is 0 Å². The summed E-state index contributed by atoms with van der Waals surface area (Å²) in [7, 11) is 0. The molecule has 3 aromatic carbocycles. The van der Waals surface area contributed by atoms with Crippen molar-refractivity contribution in [2.24, 2.45) is 0 Å². The van der Waals surface area contributed by atoms with Gasteiger partial charge in [-0.3, -0.25) is 9.59 Å². The van der Waals surface area contributed by atoms with Crippen LogP contribution in [-0.2, 0) is 28.3 Å². The van der Waals surface area contributed by atoms with E-state index in [0.29, 0.717) is 37.8 Å². The predicted molar refractivity (Wildman–Crippen MR) is 164 cm³/mol. The van der Waals surface area contributed by atoms with Crippen molar-refractivity contribution in [1.29, 1.82) is 0 Å². The van der Waals surface area contributed by atoms with E-state index in [4.69, 9.17) is 46.4 Å². The average Bonchev–Trinajstić information content (AvgIpc) is 3.43. The third kappa shape index (κ3) is 8.55. The number of benzene rings is 3. The summed E-state index contributed by atoms with van der Waals surface area (Å²) in [6.07, 6.45) is 4.47. The summed E-state index contributed by atoms with van der Waals surface area (Å²) in [6, 6.07) is 19.8. The summed E-state index contributed by atoms with van der Waals surface area (Å²) in [5.74, 6) is 0.418. The van der Waals surface area contributed by atoms with Gasteiger partial charge in [0.15, 0.2) is 0 Å². The second kappa shape index (κ2) is 14.7. The van der Waals surface area contributed by atoms with Gasteiger partial charge in [-0.05, 0) is 48.2 Å². The Morgan fingerprint density at radius 2 is 1.54 bits per heavy atom. The number of hydrogen-bond donors (Lipinski definition) is 1. The maximum Gasteiger partial charge on any atom is 0.243 e. The van der Waals surface area contributed by atoms with Crippen molar-refractivity contribution >= 4 is 70.0 Å². The van der Waals surface area contributed by atoms with E-state index < -0.39 is 6.04 Å². The van der Waals surface area contributed by atoms with E-state index in [1.807, 2.05) is 36.4 Å². The first-order chi connectivity index (χ1) is 18.8. The van der Waals surface area contributed by atoms with Crippen LogP contribution in [-0.4, -0.2) is 34.6 Å². The summed E-state index contributed by atoms with van der Waals surface area (Å²) in [6.45, 7) is 0.125. The Kier molecular flexibility index (Phi) is 11.3. The molecule has 1 atom stereocenters. The highest BCUT2D eigenvalue weighted by molar-refractivity contribution is 7.99. The lowest BCUT2D eigenvalue weighted by Gasteiger charge is -2.33. The molecule has 1 aliphatic carbocycles. The van der Waals surface area contributed by atoms with Crippen LogP contribution in [0.5, 0.6) is 0 Å². The molecule has 0 aromatic heterocycles. The summed E-state index contributed by atoms with van der Waals surface area (Å²) in [4.78, 5) is 29.2. The number of hydrogen-bond acceptors (Lipinski definition) is 3. The van der Waals surface area contributed by atoms with Crippen molar-refractivity contribution in [2.45, 2.75) is 56.5 Å². The highest BCUT2D eigenvalue weighted by Gasteiger charge is 2.32. The van der Waals surface area contributed by atoms with Gasteiger partial charge in [0.05, 0.1) is 15.8 Å². The summed E-state index contributed by atoms with van der Waals surface area (Å²) in [5.41, 5.74) is 2.55. The van der Waals surface area contributed by atoms with Crippen LogP contribution in [0.3, 0.4) is 0 Å². The summed E-state index contributed by atoms with van der Waals surface area (Å²) >= 11 is 26.7. The third-order valence-electron chi connectivity index (χ3n) is 6.84. The maximum atomic E-state index is 13.8. The molecule has 2 amide bonds. The maximum absolute atomic E-state index is 13.8. The van der Waals surface area contributed by atoms with Gasteiger partial charge < -0.3 is 10.2 Å². The van der Waals surface area contributed by atoms with E-state index in [1.54, 1.807) is 35.2 Å². The number of nitrogens with one attached hydrogen (secondary N) is 1. The normalized spacial score (nSPS) is 14.3. The lowest BCUT2D eigenvalue weighted by Crippen LogP contribution is -2.52. The number of halogens is 4. The molecule has 0 bridgehead atoms. The Morgan fingerprint density at radius 3 is 2.21 bits per heavy atom. The molecule has 206 valence electrons. The number of carbonyl (C=O) groups is 2. The summed E-state index contributed by atoms with van der Waals surface area (Å²) < 4.78 is 0. The third-order valence-corrected chi connectivity index (χ3v) is 9.28. The van der Waals surface area contributed by atoms with Crippen molar-refractivity contribution in [1.82, 2.24) is 10.2 Å². The van der Waals surface area contributed by atoms with Crippen LogP contribution in [0.1, 0.15) is 42.4 Å². The zero-order valence-corrected chi connectivity index (χ0v) is 25.2. The van der Waals surface area contributed by atoms with E-state index in [-0.39, 0.29) is 30.2 Å². The Bertz CT molecular complexity index is 1260. The highest BCUT2D eigenvalue weighted by atomic mass is 35.5. The molecule has 4 nitrogen and oxygen atoms in total. The Hall–Kier alpha value is -1.89. The van der Waals surface area contributed by atoms with Crippen molar-refractivity contribution in [2.75, 3.05) is 5.75 Å². The molecule has 4 rings (SSSR count). The van der Waals surface area contributed by atoms with Crippen LogP contribution in [0, 0.1) is 0 Å². The topological polar surface area (TPSA) is 49.4 Å². The number of carbonyl (C=O) groups excluding carboxylic acids is 2. The minimum absolute atomic E-state index is 0.125. The minimum atomic E-state index is -0.724. The first kappa shape index (κ1) is 30.1. The molecule has 1 aliphatic rings. The van der Waals surface area contributed by atoms with Gasteiger partial charge in [-0.2, -0.15) is 0 Å². The van der Waals surface area contributed by atoms with Crippen molar-refractivity contribution in [3.05, 3.63) is 104 Å². The van der Waals surface area contributed by atoms with Gasteiger partial charge in [0, 0.05) is 40.4 Å². The van der Waals surface area contributed by atoms with E-state index in [9.17, 15) is 9.59 Å². The second-order valence-electron chi connectivity index (χ2n) is 9.66. The Labute approximate surface area is 254 Å². The van der Waals surface area contributed by atoms with Crippen LogP contribution >= 0.6 is 58.2 Å². The van der Waals surface area contributed by atoms with Gasteiger partial charge in [0.2, 0.25) is 11.8 Å². The monoisotopic (exact) mass is 622 g/mol. The lowest BCUT2D eigenvalue weighted by molar-refractivity contribution is -0.139. The van der Waals surface area contributed by atoms with Crippen LogP contribution < -0.4 is 5.32 Å². The zero-order valence-electron chi connectivity index (χ0n) is 21.3. The molecule has 9 heteroatoms. The van der Waals surface area contributed by atoms with E-state index in [2.05, 4.69) is 5.32 Å². The van der Waals surface area contributed by atoms with E-state index in [0.717, 1.165) is 36.8 Å². The van der Waals surface area contributed by atoms with Crippen LogP contribution in [0.25, 0.3) is 0 Å². The second-order valence-corrected chi connectivity index (χ2v) is 12.3. The number of amides is 2. The van der Waals surface area contributed by atoms with Gasteiger partial charge in [-0.25, -0.2) is 0 Å². The first-order valence-electron chi connectivity index (χ1n) is 12.9. The average molecular weight is 624 g/mol. The Morgan fingerprint density at radius 1 is 0.846 bits per heavy atom. The molecule has 0 radical (unpaired) electrons. The number of nitrogens with zero attached hydrogens (tertiary/aromatic N) is 1. The molecular formula is C30H30Cl4N2O2S. The zero-order chi connectivity index (χ0) is 27.8. The molecule has 0 saturated heterocycles. The molecule has 0 heterocycles. The van der Waals surface area contributed by atoms with Gasteiger partial charge >= 0.3 is 0 Å². The fourth-order valence-electron chi connectivity index (χ4n) is 4.74. The molecule has 0 spiro atoms. The van der Waals surface area contributed by atoms with Gasteiger partial charge in [-0.15, -0.1) is 11.8 Å². The minimum Gasteiger partial charge on any atom is -0.352 e. The predicted octanol–water partition coefficient (Wildman–Crippen LogP) is 8.23. The first-order valence-corrected chi connectivity index (χ1v) is 15.6. The molecular weight excluding hydrogens is 594 g/mol. The SMILES string of the molecule is O=C(NC1CCCC1)C(Cc1ccccc1)N(Cc1c(Cl)cccc1Cl)C(=O)CSCc1ccc(Cl)c(Cl)c1. The molecule has 1 unspecified atom stereocenters. The van der Waals surface area contributed by atoms with Crippen LogP contribution in [0.15, 0.2) is 66.7 Å². The fraction of sp³-hybridized carbons (Fsp3) is 0.333. The number of rotatable bonds is 11. The molecule has 1 N–H and O–H groups in total. The largest absolute Gasteiger partial charge is 0.352 e. The smallest absolute Gasteiger partial charge is 0.243 e. The van der Waals surface area contributed by atoms with Crippen molar-refractivity contribution < 1.29 is 9.59 Å². The summed E-state index contributed by atoms with van der Waals surface area (Å²) in [5, 5.41) is 5.09. The molecule has 0 aliphatic heterocycles. The molecule has 39 heavy (non-hydrogen) atoms. The van der Waals surface area contributed by atoms with Gasteiger partial charge in [0.25, 0.3) is 0 Å².